The van der Waals surface area contributed by atoms with Gasteiger partial charge in [0.25, 0.3) is 0 Å². The molecule has 0 aliphatic heterocycles. The summed E-state index contributed by atoms with van der Waals surface area (Å²) in [6.07, 6.45) is 3.01. The van der Waals surface area contributed by atoms with Crippen molar-refractivity contribution >= 4 is 15.7 Å². The first-order valence-corrected chi connectivity index (χ1v) is 6.86. The van der Waals surface area contributed by atoms with Crippen LogP contribution in [0.2, 0.25) is 0 Å². The Bertz CT molecular complexity index is 630. The van der Waals surface area contributed by atoms with Crippen molar-refractivity contribution in [2.45, 2.75) is 5.75 Å². The summed E-state index contributed by atoms with van der Waals surface area (Å²) >= 11 is 0. The molecule has 1 aromatic carbocycles. The van der Waals surface area contributed by atoms with Crippen LogP contribution in [0.1, 0.15) is 5.56 Å². The number of hydrogen-bond acceptors (Lipinski definition) is 3. The molecule has 0 radical (unpaired) electrons. The van der Waals surface area contributed by atoms with E-state index in [0.29, 0.717) is 5.56 Å². The zero-order valence-corrected chi connectivity index (χ0v) is 10.2. The number of rotatable bonds is 4. The molecule has 0 saturated carbocycles. The van der Waals surface area contributed by atoms with Crippen LogP contribution in [0.5, 0.6) is 0 Å². The maximum Gasteiger partial charge on any atom is 0.237 e. The Labute approximate surface area is 105 Å². The van der Waals surface area contributed by atoms with Crippen molar-refractivity contribution in [3.8, 4) is 0 Å². The van der Waals surface area contributed by atoms with Crippen molar-refractivity contribution in [3.05, 3.63) is 60.2 Å². The Hall–Kier alpha value is -1.95. The Morgan fingerprint density at radius 1 is 1.17 bits per heavy atom. The summed E-state index contributed by atoms with van der Waals surface area (Å²) in [7, 11) is -3.64. The van der Waals surface area contributed by atoms with E-state index in [1.54, 1.807) is 24.4 Å². The van der Waals surface area contributed by atoms with Gasteiger partial charge in [0.15, 0.2) is 0 Å². The quantitative estimate of drug-likeness (QED) is 0.922. The minimum absolute atomic E-state index is 0.0543. The van der Waals surface area contributed by atoms with Crippen molar-refractivity contribution in [1.29, 1.82) is 0 Å². The van der Waals surface area contributed by atoms with Crippen LogP contribution in [0.3, 0.4) is 0 Å². The first-order chi connectivity index (χ1) is 8.57. The average molecular weight is 266 g/mol. The Kier molecular flexibility index (Phi) is 3.57. The van der Waals surface area contributed by atoms with Crippen LogP contribution in [-0.4, -0.2) is 13.4 Å². The molecule has 0 aliphatic rings. The van der Waals surface area contributed by atoms with E-state index in [-0.39, 0.29) is 11.4 Å². The SMILES string of the molecule is O=S(=O)(Cc1cccnc1)Nc1ccccc1F. The number of benzene rings is 1. The number of aromatic nitrogens is 1. The maximum absolute atomic E-state index is 13.3. The molecule has 94 valence electrons. The van der Waals surface area contributed by atoms with E-state index >= 15 is 0 Å². The second-order valence-corrected chi connectivity index (χ2v) is 5.42. The molecular formula is C12H11FN2O2S. The van der Waals surface area contributed by atoms with Gasteiger partial charge < -0.3 is 0 Å². The topological polar surface area (TPSA) is 59.1 Å². The maximum atomic E-state index is 13.3. The van der Waals surface area contributed by atoms with Gasteiger partial charge in [-0.05, 0) is 23.8 Å². The second-order valence-electron chi connectivity index (χ2n) is 3.70. The van der Waals surface area contributed by atoms with Crippen molar-refractivity contribution in [3.63, 3.8) is 0 Å². The summed E-state index contributed by atoms with van der Waals surface area (Å²) in [5.74, 6) is -0.845. The molecule has 0 amide bonds. The fourth-order valence-electron chi connectivity index (χ4n) is 1.45. The monoisotopic (exact) mass is 266 g/mol. The third kappa shape index (κ3) is 3.27. The standard InChI is InChI=1S/C12H11FN2O2S/c13-11-5-1-2-6-12(11)15-18(16,17)9-10-4-3-7-14-8-10/h1-8,15H,9H2. The largest absolute Gasteiger partial charge is 0.280 e. The smallest absolute Gasteiger partial charge is 0.237 e. The van der Waals surface area contributed by atoms with Gasteiger partial charge in [0.2, 0.25) is 10.0 Å². The molecule has 2 rings (SSSR count). The Balaban J connectivity index is 2.16. The van der Waals surface area contributed by atoms with Crippen LogP contribution in [-0.2, 0) is 15.8 Å². The fraction of sp³-hybridized carbons (Fsp3) is 0.0833. The molecule has 18 heavy (non-hydrogen) atoms. The lowest BCUT2D eigenvalue weighted by Gasteiger charge is -2.08. The normalized spacial score (nSPS) is 11.2. The van der Waals surface area contributed by atoms with E-state index in [0.717, 1.165) is 0 Å². The Morgan fingerprint density at radius 3 is 2.61 bits per heavy atom. The van der Waals surface area contributed by atoms with Gasteiger partial charge in [-0.1, -0.05) is 18.2 Å². The van der Waals surface area contributed by atoms with Gasteiger partial charge in [-0.25, -0.2) is 12.8 Å². The number of nitrogens with one attached hydrogen (secondary N) is 1. The van der Waals surface area contributed by atoms with Gasteiger partial charge in [0.1, 0.15) is 5.82 Å². The van der Waals surface area contributed by atoms with Gasteiger partial charge in [0, 0.05) is 12.4 Å². The third-order valence-corrected chi connectivity index (χ3v) is 3.46. The van der Waals surface area contributed by atoms with E-state index in [4.69, 9.17) is 0 Å². The van der Waals surface area contributed by atoms with Gasteiger partial charge in [-0.2, -0.15) is 0 Å². The van der Waals surface area contributed by atoms with Crippen molar-refractivity contribution in [2.24, 2.45) is 0 Å². The van der Waals surface area contributed by atoms with E-state index < -0.39 is 15.8 Å². The van der Waals surface area contributed by atoms with E-state index in [1.165, 1.54) is 24.4 Å². The number of pyridine rings is 1. The molecule has 0 aliphatic carbocycles. The molecule has 0 fully saturated rings. The molecule has 0 saturated heterocycles. The number of hydrogen-bond donors (Lipinski definition) is 1. The lowest BCUT2D eigenvalue weighted by molar-refractivity contribution is 0.597. The summed E-state index contributed by atoms with van der Waals surface area (Å²) in [5, 5.41) is 0. The molecule has 1 aromatic heterocycles. The molecule has 0 atom stereocenters. The zero-order chi connectivity index (χ0) is 13.0. The second kappa shape index (κ2) is 5.14. The van der Waals surface area contributed by atoms with Crippen LogP contribution < -0.4 is 4.72 Å². The van der Waals surface area contributed by atoms with E-state index in [1.807, 2.05) is 0 Å². The first kappa shape index (κ1) is 12.5. The lowest BCUT2D eigenvalue weighted by Crippen LogP contribution is -2.16. The highest BCUT2D eigenvalue weighted by molar-refractivity contribution is 7.91. The van der Waals surface area contributed by atoms with Crippen LogP contribution in [0, 0.1) is 5.82 Å². The van der Waals surface area contributed by atoms with Gasteiger partial charge in [-0.15, -0.1) is 0 Å². The molecule has 1 heterocycles. The van der Waals surface area contributed by atoms with Crippen molar-refractivity contribution in [2.75, 3.05) is 4.72 Å². The summed E-state index contributed by atoms with van der Waals surface area (Å²) in [4.78, 5) is 3.83. The third-order valence-electron chi connectivity index (χ3n) is 2.22. The van der Waals surface area contributed by atoms with Crippen LogP contribution in [0.15, 0.2) is 48.8 Å². The summed E-state index contributed by atoms with van der Waals surface area (Å²) in [6.45, 7) is 0. The van der Waals surface area contributed by atoms with Crippen molar-refractivity contribution in [1.82, 2.24) is 4.98 Å². The highest BCUT2D eigenvalue weighted by atomic mass is 32.2. The number of para-hydroxylation sites is 1. The average Bonchev–Trinajstić information content (AvgIpc) is 2.32. The number of sulfonamides is 1. The minimum atomic E-state index is -3.64. The molecule has 0 spiro atoms. The van der Waals surface area contributed by atoms with Crippen LogP contribution in [0.4, 0.5) is 10.1 Å². The predicted molar refractivity (Wildman–Crippen MR) is 66.9 cm³/mol. The molecule has 6 heteroatoms. The number of halogens is 1. The molecule has 4 nitrogen and oxygen atoms in total. The molecule has 2 aromatic rings. The Morgan fingerprint density at radius 2 is 1.94 bits per heavy atom. The van der Waals surface area contributed by atoms with Gasteiger partial charge in [-0.3, -0.25) is 9.71 Å². The van der Waals surface area contributed by atoms with Crippen molar-refractivity contribution < 1.29 is 12.8 Å². The first-order valence-electron chi connectivity index (χ1n) is 5.21. The van der Waals surface area contributed by atoms with Crippen LogP contribution in [0.25, 0.3) is 0 Å². The summed E-state index contributed by atoms with van der Waals surface area (Å²) in [5.41, 5.74) is 0.489. The highest BCUT2D eigenvalue weighted by Gasteiger charge is 2.13. The van der Waals surface area contributed by atoms with E-state index in [9.17, 15) is 12.8 Å². The van der Waals surface area contributed by atoms with Crippen LogP contribution >= 0.6 is 0 Å². The summed E-state index contributed by atoms with van der Waals surface area (Å²) < 4.78 is 39.2. The van der Waals surface area contributed by atoms with Gasteiger partial charge in [0.05, 0.1) is 11.4 Å². The molecule has 0 bridgehead atoms. The zero-order valence-electron chi connectivity index (χ0n) is 9.38. The minimum Gasteiger partial charge on any atom is -0.280 e. The fourth-order valence-corrected chi connectivity index (χ4v) is 2.63. The molecular weight excluding hydrogens is 255 g/mol. The van der Waals surface area contributed by atoms with Gasteiger partial charge >= 0.3 is 0 Å². The lowest BCUT2D eigenvalue weighted by atomic mass is 10.3. The van der Waals surface area contributed by atoms with E-state index in [2.05, 4.69) is 9.71 Å². The highest BCUT2D eigenvalue weighted by Crippen LogP contribution is 2.15. The predicted octanol–water partition coefficient (Wildman–Crippen LogP) is 2.16. The number of nitrogens with zero attached hydrogens (tertiary/aromatic N) is 1. The molecule has 1 N–H and O–H groups in total. The molecule has 0 unspecified atom stereocenters. The summed E-state index contributed by atoms with van der Waals surface area (Å²) in [6, 6.07) is 8.92. The number of anilines is 1.